The average molecular weight is 1540 g/mol. The lowest BCUT2D eigenvalue weighted by Crippen LogP contribution is -2.51. The highest BCUT2D eigenvalue weighted by Crippen LogP contribution is 2.69. The van der Waals surface area contributed by atoms with Gasteiger partial charge >= 0.3 is 11.9 Å². The fourth-order valence-corrected chi connectivity index (χ4v) is 24.2. The molecule has 8 aliphatic rings. The Balaban J connectivity index is 0.443. The van der Waals surface area contributed by atoms with Crippen LogP contribution in [0.15, 0.2) is 120 Å². The zero-order chi connectivity index (χ0) is 78.5. The average Bonchev–Trinajstić information content (AvgIpc) is 1.43. The minimum atomic E-state index is -0.0332. The first-order chi connectivity index (χ1) is 54.3. The molecule has 8 aliphatic carbocycles. The van der Waals surface area contributed by atoms with Crippen LogP contribution in [-0.2, 0) is 19.1 Å². The van der Waals surface area contributed by atoms with E-state index in [4.69, 9.17) is 37.9 Å². The van der Waals surface area contributed by atoms with Gasteiger partial charge in [0.05, 0.1) is 39.6 Å². The molecule has 0 amide bonds. The largest absolute Gasteiger partial charge is 0.494 e. The van der Waals surface area contributed by atoms with Crippen LogP contribution in [0.3, 0.4) is 0 Å². The SMILES string of the molecule is CC(C)CCC[C@@H](C)[C@H]1CC[C@H]2[C@@H]3CC=C4CC(OC(=O)CCCCCOc5ccccc5OCCCCCCOc5ccc(-c6ccc(OCCCCCCOc7ccccc7OCCCCCC(=O)OC7CC[C@@]8(C)C(=CC[C@H]9[C@@H]%10CC[C@H]([C@H](C)CCCC(C)C)[C@@]%10(C)CC[C@@H]98)C7)cc6)cc5)CC[C@]4(C)[C@H]3CC[C@]12C. The highest BCUT2D eigenvalue weighted by molar-refractivity contribution is 5.70. The Bertz CT molecular complexity index is 3360. The van der Waals surface area contributed by atoms with Crippen molar-refractivity contribution >= 4 is 11.9 Å². The first-order valence-electron chi connectivity index (χ1n) is 46.2. The van der Waals surface area contributed by atoms with Gasteiger partial charge in [-0.2, -0.15) is 0 Å². The predicted octanol–water partition coefficient (Wildman–Crippen LogP) is 27.2. The molecular formula is C102H150O10. The van der Waals surface area contributed by atoms with E-state index in [1.165, 1.54) is 103 Å². The highest BCUT2D eigenvalue weighted by Gasteiger charge is 2.61. The van der Waals surface area contributed by atoms with Gasteiger partial charge in [0, 0.05) is 25.7 Å². The molecule has 16 atom stereocenters. The minimum absolute atomic E-state index is 0.0241. The van der Waals surface area contributed by atoms with Crippen LogP contribution < -0.4 is 28.4 Å². The van der Waals surface area contributed by atoms with Crippen molar-refractivity contribution in [1.29, 1.82) is 0 Å². The van der Waals surface area contributed by atoms with Crippen molar-refractivity contribution in [3.8, 4) is 45.6 Å². The van der Waals surface area contributed by atoms with Crippen molar-refractivity contribution in [2.45, 2.75) is 325 Å². The summed E-state index contributed by atoms with van der Waals surface area (Å²) in [4.78, 5) is 26.4. The number of carbonyl (C=O) groups excluding carboxylic acids is 2. The maximum absolute atomic E-state index is 13.2. The van der Waals surface area contributed by atoms with Gasteiger partial charge in [0.2, 0.25) is 0 Å². The van der Waals surface area contributed by atoms with Crippen LogP contribution in [0.25, 0.3) is 11.1 Å². The molecule has 0 N–H and O–H groups in total. The van der Waals surface area contributed by atoms with Crippen molar-refractivity contribution in [2.75, 3.05) is 39.6 Å². The molecule has 6 fully saturated rings. The summed E-state index contributed by atoms with van der Waals surface area (Å²) in [6.07, 6.45) is 48.0. The number of hydrogen-bond acceptors (Lipinski definition) is 10. The molecule has 4 aromatic carbocycles. The number of unbranched alkanes of at least 4 members (excludes halogenated alkanes) is 10. The predicted molar refractivity (Wildman–Crippen MR) is 457 cm³/mol. The van der Waals surface area contributed by atoms with Crippen molar-refractivity contribution in [3.63, 3.8) is 0 Å². The first-order valence-corrected chi connectivity index (χ1v) is 46.2. The molecule has 0 bridgehead atoms. The van der Waals surface area contributed by atoms with E-state index >= 15 is 0 Å². The van der Waals surface area contributed by atoms with E-state index in [2.05, 4.69) is 130 Å². The number of benzene rings is 4. The molecule has 12 rings (SSSR count). The highest BCUT2D eigenvalue weighted by atomic mass is 16.6. The maximum atomic E-state index is 13.2. The topological polar surface area (TPSA) is 108 Å². The Kier molecular flexibility index (Phi) is 31.5. The van der Waals surface area contributed by atoms with Crippen LogP contribution in [0, 0.1) is 92.7 Å². The van der Waals surface area contributed by atoms with E-state index in [0.717, 1.165) is 245 Å². The summed E-state index contributed by atoms with van der Waals surface area (Å²) in [6.45, 7) is 29.1. The molecule has 618 valence electrons. The van der Waals surface area contributed by atoms with Crippen molar-refractivity contribution in [2.24, 2.45) is 92.7 Å². The van der Waals surface area contributed by atoms with Crippen molar-refractivity contribution in [1.82, 2.24) is 0 Å². The molecule has 6 saturated carbocycles. The second-order valence-corrected chi connectivity index (χ2v) is 38.8. The third-order valence-electron chi connectivity index (χ3n) is 30.6. The number of hydrogen-bond donors (Lipinski definition) is 0. The standard InChI is InChI=1S/C102H150O10/c1-73(2)31-29-33-75(5)87-53-55-89-85-51-45-79-71-83(57-61-99(79,7)91(85)59-63-101(87,89)9)111-97(103)39-17-15-27-69-109-95-37-21-19-35-93(95)107-67-25-13-11-23-65-105-81-47-41-77(42-48-81)78-43-49-82(50-44-78)106-66-24-12-14-26-68-108-94-36-20-22-38-96(94)110-70-28-16-18-40-98(104)112-84-58-62-100(8)80(72-84)46-52-86-90-56-54-88(76(6)34-30-32-74(3)4)102(90,10)64-60-92(86)100/h19-22,35-38,41-50,73-76,83-92H,11-18,23-34,39-40,51-72H2,1-10H3/t75-,76-,83?,84?,85+,86+,87-,88-,89+,90+,91+,92+,99+,100+,101-,102-/m1/s1. The van der Waals surface area contributed by atoms with Crippen LogP contribution in [0.2, 0.25) is 0 Å². The molecule has 2 unspecified atom stereocenters. The van der Waals surface area contributed by atoms with Gasteiger partial charge in [0.1, 0.15) is 23.7 Å². The molecule has 10 nitrogen and oxygen atoms in total. The second kappa shape index (κ2) is 41.3. The van der Waals surface area contributed by atoms with E-state index in [1.807, 2.05) is 48.5 Å². The second-order valence-electron chi connectivity index (χ2n) is 38.8. The summed E-state index contributed by atoms with van der Waals surface area (Å²) >= 11 is 0. The molecule has 0 heterocycles. The fourth-order valence-electron chi connectivity index (χ4n) is 24.2. The molecule has 0 aliphatic heterocycles. The Morgan fingerprint density at radius 2 is 0.696 bits per heavy atom. The molecule has 0 radical (unpaired) electrons. The van der Waals surface area contributed by atoms with Crippen LogP contribution >= 0.6 is 0 Å². The molecule has 4 aromatic rings. The van der Waals surface area contributed by atoms with Crippen molar-refractivity contribution < 1.29 is 47.5 Å². The van der Waals surface area contributed by atoms with Gasteiger partial charge in [-0.1, -0.05) is 180 Å². The molecule has 10 heteroatoms. The number of allylic oxidation sites excluding steroid dienone is 2. The Hall–Kier alpha value is -5.90. The lowest BCUT2D eigenvalue weighted by Gasteiger charge is -2.58. The van der Waals surface area contributed by atoms with E-state index in [1.54, 1.807) is 11.1 Å². The van der Waals surface area contributed by atoms with E-state index in [-0.39, 0.29) is 35.0 Å². The van der Waals surface area contributed by atoms with Gasteiger partial charge in [-0.3, -0.25) is 9.59 Å². The number of fused-ring (bicyclic) bond motifs is 10. The molecule has 112 heavy (non-hydrogen) atoms. The van der Waals surface area contributed by atoms with Crippen LogP contribution in [0.4, 0.5) is 0 Å². The minimum Gasteiger partial charge on any atom is -0.494 e. The normalized spacial score (nSPS) is 28.9. The number of ether oxygens (including phenoxy) is 8. The number of rotatable bonds is 45. The monoisotopic (exact) mass is 1540 g/mol. The van der Waals surface area contributed by atoms with Crippen LogP contribution in [0.5, 0.6) is 34.5 Å². The van der Waals surface area contributed by atoms with Crippen LogP contribution in [0.1, 0.15) is 313 Å². The third kappa shape index (κ3) is 22.0. The van der Waals surface area contributed by atoms with Gasteiger partial charge in [-0.05, 0) is 332 Å². The number of esters is 2. The van der Waals surface area contributed by atoms with Gasteiger partial charge in [0.15, 0.2) is 23.0 Å². The fraction of sp³-hybridized carbons (Fsp3) is 0.706. The summed E-state index contributed by atoms with van der Waals surface area (Å²) < 4.78 is 49.6. The zero-order valence-corrected chi connectivity index (χ0v) is 71.7. The molecule has 0 aromatic heterocycles. The van der Waals surface area contributed by atoms with Gasteiger partial charge in [-0.15, -0.1) is 0 Å². The van der Waals surface area contributed by atoms with Crippen molar-refractivity contribution in [3.05, 3.63) is 120 Å². The Morgan fingerprint density at radius 1 is 0.357 bits per heavy atom. The smallest absolute Gasteiger partial charge is 0.306 e. The number of para-hydroxylation sites is 4. The molecule has 0 saturated heterocycles. The molecule has 0 spiro atoms. The Labute approximate surface area is 679 Å². The van der Waals surface area contributed by atoms with E-state index < -0.39 is 0 Å². The van der Waals surface area contributed by atoms with Gasteiger partial charge in [-0.25, -0.2) is 0 Å². The number of carbonyl (C=O) groups is 2. The van der Waals surface area contributed by atoms with Gasteiger partial charge in [0.25, 0.3) is 0 Å². The lowest BCUT2D eigenvalue weighted by atomic mass is 9.47. The first kappa shape index (κ1) is 85.5. The molecular weight excluding hydrogens is 1390 g/mol. The summed E-state index contributed by atoms with van der Waals surface area (Å²) in [5.41, 5.74) is 7.05. The maximum Gasteiger partial charge on any atom is 0.306 e. The quantitative estimate of drug-likeness (QED) is 0.0241. The summed E-state index contributed by atoms with van der Waals surface area (Å²) in [5.74, 6) is 14.9. The van der Waals surface area contributed by atoms with Gasteiger partial charge < -0.3 is 37.9 Å². The van der Waals surface area contributed by atoms with E-state index in [9.17, 15) is 9.59 Å². The third-order valence-corrected chi connectivity index (χ3v) is 30.6. The summed E-state index contributed by atoms with van der Waals surface area (Å²) in [7, 11) is 0. The summed E-state index contributed by atoms with van der Waals surface area (Å²) in [6, 6.07) is 32.7. The van der Waals surface area contributed by atoms with Crippen LogP contribution in [-0.4, -0.2) is 63.8 Å². The summed E-state index contributed by atoms with van der Waals surface area (Å²) in [5, 5.41) is 0. The Morgan fingerprint density at radius 3 is 1.04 bits per heavy atom. The lowest BCUT2D eigenvalue weighted by molar-refractivity contribution is -0.152. The zero-order valence-electron chi connectivity index (χ0n) is 71.7. The van der Waals surface area contributed by atoms with E-state index in [0.29, 0.717) is 63.3 Å².